The largest absolute Gasteiger partial charge is 0.508 e. The molecule has 9 heteroatoms. The Labute approximate surface area is 230 Å². The first kappa shape index (κ1) is 31.8. The summed E-state index contributed by atoms with van der Waals surface area (Å²) in [5.41, 5.74) is 7.51. The van der Waals surface area contributed by atoms with Gasteiger partial charge in [0.15, 0.2) is 0 Å². The average Bonchev–Trinajstić information content (AvgIpc) is 2.85. The number of phenols is 1. The number of halogens is 1. The summed E-state index contributed by atoms with van der Waals surface area (Å²) >= 11 is 0. The van der Waals surface area contributed by atoms with Gasteiger partial charge >= 0.3 is 0 Å². The normalized spacial score (nSPS) is 14.0. The highest BCUT2D eigenvalue weighted by Crippen LogP contribution is 2.32. The zero-order valence-corrected chi connectivity index (χ0v) is 23.9. The number of hydrogen-bond donors (Lipinski definition) is 3. The number of nitrogens with zero attached hydrogens (tertiary/aromatic N) is 2. The number of carbonyl (C=O) groups is 3. The molecule has 4 N–H and O–H groups in total. The van der Waals surface area contributed by atoms with E-state index in [1.54, 1.807) is 44.2 Å². The Hall–Kier alpha value is -3.46. The molecule has 0 aliphatic rings. The number of amides is 3. The van der Waals surface area contributed by atoms with Gasteiger partial charge in [-0.2, -0.15) is 0 Å². The lowest BCUT2D eigenvalue weighted by Crippen LogP contribution is -2.57. The summed E-state index contributed by atoms with van der Waals surface area (Å²) in [6, 6.07) is 8.83. The van der Waals surface area contributed by atoms with Crippen LogP contribution in [-0.4, -0.2) is 70.5 Å². The molecule has 0 aromatic heterocycles. The Bertz CT molecular complexity index is 1160. The van der Waals surface area contributed by atoms with Crippen LogP contribution in [0.3, 0.4) is 0 Å². The van der Waals surface area contributed by atoms with E-state index in [0.29, 0.717) is 11.1 Å². The van der Waals surface area contributed by atoms with Crippen molar-refractivity contribution in [2.75, 3.05) is 20.7 Å². The molecule has 0 bridgehead atoms. The number of likely N-dealkylation sites (N-methyl/N-ethyl adjacent to an activating group) is 2. The summed E-state index contributed by atoms with van der Waals surface area (Å²) in [7, 11) is 2.99. The van der Waals surface area contributed by atoms with Crippen molar-refractivity contribution in [1.82, 2.24) is 9.80 Å². The molecule has 3 atom stereocenters. The summed E-state index contributed by atoms with van der Waals surface area (Å²) < 4.78 is 13.3. The van der Waals surface area contributed by atoms with E-state index in [-0.39, 0.29) is 29.9 Å². The fraction of sp³-hybridized carbons (Fsp3) is 0.500. The molecule has 0 aliphatic carbocycles. The van der Waals surface area contributed by atoms with Gasteiger partial charge in [0.2, 0.25) is 17.7 Å². The van der Waals surface area contributed by atoms with Crippen molar-refractivity contribution in [1.29, 1.82) is 0 Å². The lowest BCUT2D eigenvalue weighted by Gasteiger charge is -2.37. The molecule has 2 rings (SSSR count). The maximum Gasteiger partial charge on any atom is 0.246 e. The van der Waals surface area contributed by atoms with Crippen molar-refractivity contribution >= 4 is 17.7 Å². The van der Waals surface area contributed by atoms with E-state index >= 15 is 0 Å². The van der Waals surface area contributed by atoms with Gasteiger partial charge in [-0.15, -0.1) is 0 Å². The summed E-state index contributed by atoms with van der Waals surface area (Å²) in [4.78, 5) is 42.2. The van der Waals surface area contributed by atoms with Gasteiger partial charge in [0.25, 0.3) is 0 Å². The summed E-state index contributed by atoms with van der Waals surface area (Å²) in [5.74, 6) is -3.00. The smallest absolute Gasteiger partial charge is 0.246 e. The number of aliphatic hydroxyl groups is 1. The third-order valence-electron chi connectivity index (χ3n) is 7.06. The van der Waals surface area contributed by atoms with E-state index in [4.69, 9.17) is 5.73 Å². The highest BCUT2D eigenvalue weighted by Gasteiger charge is 2.37. The average molecular weight is 544 g/mol. The third kappa shape index (κ3) is 8.02. The summed E-state index contributed by atoms with van der Waals surface area (Å²) in [6.07, 6.45) is 0.308. The van der Waals surface area contributed by atoms with Crippen LogP contribution in [0.25, 0.3) is 0 Å². The predicted octanol–water partition coefficient (Wildman–Crippen LogP) is 3.02. The van der Waals surface area contributed by atoms with Crippen molar-refractivity contribution in [3.63, 3.8) is 0 Å². The Morgan fingerprint density at radius 2 is 1.49 bits per heavy atom. The minimum Gasteiger partial charge on any atom is -0.508 e. The van der Waals surface area contributed by atoms with E-state index in [9.17, 15) is 29.0 Å². The van der Waals surface area contributed by atoms with Crippen LogP contribution < -0.4 is 5.73 Å². The van der Waals surface area contributed by atoms with Crippen molar-refractivity contribution in [2.45, 2.75) is 65.0 Å². The molecule has 0 saturated heterocycles. The number of phenolic OH excluding ortho intramolecular Hbond substituents is 1. The molecule has 2 aromatic rings. The summed E-state index contributed by atoms with van der Waals surface area (Å²) in [6.45, 7) is 9.02. The molecule has 2 aromatic carbocycles. The van der Waals surface area contributed by atoms with E-state index in [2.05, 4.69) is 0 Å². The van der Waals surface area contributed by atoms with Crippen LogP contribution >= 0.6 is 0 Å². The van der Waals surface area contributed by atoms with Gasteiger partial charge in [-0.1, -0.05) is 58.9 Å². The summed E-state index contributed by atoms with van der Waals surface area (Å²) in [5, 5.41) is 20.3. The second kappa shape index (κ2) is 13.1. The number of nitrogens with two attached hydrogens (primary N) is 1. The molecule has 8 nitrogen and oxygen atoms in total. The first-order valence-electron chi connectivity index (χ1n) is 13.1. The van der Waals surface area contributed by atoms with Crippen molar-refractivity contribution in [3.8, 4) is 5.75 Å². The maximum absolute atomic E-state index is 13.7. The topological polar surface area (TPSA) is 124 Å². The van der Waals surface area contributed by atoms with Crippen LogP contribution in [0, 0.1) is 17.7 Å². The number of rotatable bonds is 11. The monoisotopic (exact) mass is 543 g/mol. The van der Waals surface area contributed by atoms with Gasteiger partial charge in [-0.25, -0.2) is 4.39 Å². The second-order valence-electron chi connectivity index (χ2n) is 11.5. The highest BCUT2D eigenvalue weighted by atomic mass is 19.1. The fourth-order valence-corrected chi connectivity index (χ4v) is 4.78. The van der Waals surface area contributed by atoms with Crippen LogP contribution in [0.4, 0.5) is 4.39 Å². The standard InChI is InChI=1S/C30H42FN3O5/c1-18(2)26(34(7)28(38)21(17-35)14-19-8-11-22(31)12-9-19)29(39)33(6)24(27(32)37)16-20-10-13-25(36)23(15-20)30(3,4)5/h8-13,15,18,21,24,26,35-36H,14,16-17H2,1-7H3,(H2,32,37)/t21-,24+,26+/m1/s1. The molecule has 0 heterocycles. The second-order valence-corrected chi connectivity index (χ2v) is 11.5. The minimum absolute atomic E-state index is 0.132. The fourth-order valence-electron chi connectivity index (χ4n) is 4.78. The maximum atomic E-state index is 13.7. The molecule has 0 spiro atoms. The Balaban J connectivity index is 2.29. The van der Waals surface area contributed by atoms with Gasteiger partial charge in [0.1, 0.15) is 23.7 Å². The van der Waals surface area contributed by atoms with Gasteiger partial charge in [-0.3, -0.25) is 14.4 Å². The lowest BCUT2D eigenvalue weighted by atomic mass is 9.84. The number of aromatic hydroxyl groups is 1. The first-order valence-corrected chi connectivity index (χ1v) is 13.1. The molecule has 0 radical (unpaired) electrons. The zero-order chi connectivity index (χ0) is 29.7. The number of carbonyl (C=O) groups excluding carboxylic acids is 3. The molecule has 0 aliphatic heterocycles. The van der Waals surface area contributed by atoms with Crippen LogP contribution in [-0.2, 0) is 32.6 Å². The number of aliphatic hydroxyl groups excluding tert-OH is 1. The quantitative estimate of drug-likeness (QED) is 0.402. The number of benzene rings is 2. The molecule has 39 heavy (non-hydrogen) atoms. The van der Waals surface area contributed by atoms with Crippen molar-refractivity contribution in [3.05, 3.63) is 65.0 Å². The molecule has 3 amide bonds. The van der Waals surface area contributed by atoms with Gasteiger partial charge in [0.05, 0.1) is 12.5 Å². The Morgan fingerprint density at radius 3 is 1.97 bits per heavy atom. The molecule has 214 valence electrons. The Morgan fingerprint density at radius 1 is 0.923 bits per heavy atom. The SMILES string of the molecule is CC(C)[C@@H](C(=O)N(C)[C@@H](Cc1ccc(O)c(C(C)(C)C)c1)C(N)=O)N(C)C(=O)[C@@H](CO)Cc1ccc(F)cc1. The van der Waals surface area contributed by atoms with Crippen LogP contribution in [0.15, 0.2) is 42.5 Å². The van der Waals surface area contributed by atoms with Crippen LogP contribution in [0.5, 0.6) is 5.75 Å². The minimum atomic E-state index is -0.993. The first-order chi connectivity index (χ1) is 18.1. The molecule has 0 unspecified atom stereocenters. The predicted molar refractivity (Wildman–Crippen MR) is 148 cm³/mol. The van der Waals surface area contributed by atoms with Crippen molar-refractivity contribution < 1.29 is 29.0 Å². The van der Waals surface area contributed by atoms with Gasteiger partial charge in [0, 0.05) is 20.5 Å². The molecular weight excluding hydrogens is 501 g/mol. The number of primary amides is 1. The third-order valence-corrected chi connectivity index (χ3v) is 7.06. The van der Waals surface area contributed by atoms with E-state index in [1.165, 1.54) is 36.0 Å². The van der Waals surface area contributed by atoms with Crippen LogP contribution in [0.2, 0.25) is 0 Å². The molecule has 0 saturated carbocycles. The molecular formula is C30H42FN3O5. The highest BCUT2D eigenvalue weighted by molar-refractivity contribution is 5.92. The van der Waals surface area contributed by atoms with E-state index in [1.807, 2.05) is 20.8 Å². The van der Waals surface area contributed by atoms with Gasteiger partial charge < -0.3 is 25.7 Å². The Kier molecular flexibility index (Phi) is 10.6. The van der Waals surface area contributed by atoms with Gasteiger partial charge in [-0.05, 0) is 52.6 Å². The number of hydrogen-bond acceptors (Lipinski definition) is 5. The van der Waals surface area contributed by atoms with E-state index < -0.39 is 48.1 Å². The van der Waals surface area contributed by atoms with Crippen LogP contribution in [0.1, 0.15) is 51.3 Å². The zero-order valence-electron chi connectivity index (χ0n) is 23.9. The lowest BCUT2D eigenvalue weighted by molar-refractivity contribution is -0.151. The van der Waals surface area contributed by atoms with E-state index in [0.717, 1.165) is 5.56 Å². The molecule has 0 fully saturated rings. The van der Waals surface area contributed by atoms with Crippen molar-refractivity contribution in [2.24, 2.45) is 17.6 Å².